The minimum atomic E-state index is -4.42. The molecule has 25 heavy (non-hydrogen) atoms. The van der Waals surface area contributed by atoms with Gasteiger partial charge in [0.05, 0.1) is 17.2 Å². The average molecular weight is 359 g/mol. The van der Waals surface area contributed by atoms with Gasteiger partial charge in [0.25, 0.3) is 0 Å². The molecule has 1 atom stereocenters. The summed E-state index contributed by atoms with van der Waals surface area (Å²) in [6, 6.07) is 8.82. The topological polar surface area (TPSA) is 62.2 Å². The predicted molar refractivity (Wildman–Crippen MR) is 78.9 cm³/mol. The van der Waals surface area contributed by atoms with Crippen molar-refractivity contribution in [2.75, 3.05) is 0 Å². The number of carbonyl (C=O) groups excluding carboxylic acids is 1. The Morgan fingerprint density at radius 1 is 1.20 bits per heavy atom. The number of carbonyl (C=O) groups is 1. The third-order valence-corrected chi connectivity index (χ3v) is 3.07. The first kappa shape index (κ1) is 21.2. The van der Waals surface area contributed by atoms with Gasteiger partial charge in [-0.25, -0.2) is 0 Å². The second kappa shape index (κ2) is 9.03. The van der Waals surface area contributed by atoms with Crippen LogP contribution < -0.4 is 39.4 Å². The molecule has 0 spiro atoms. The van der Waals surface area contributed by atoms with E-state index in [-0.39, 0.29) is 29.6 Å². The molecule has 4 nitrogen and oxygen atoms in total. The molecule has 126 valence electrons. The van der Waals surface area contributed by atoms with Gasteiger partial charge in [0.2, 0.25) is 0 Å². The number of rotatable bonds is 5. The Balaban J connectivity index is 0.00000312. The number of ether oxygens (including phenoxy) is 1. The average Bonchev–Trinajstić information content (AvgIpc) is 2.53. The number of halogens is 3. The van der Waals surface area contributed by atoms with E-state index in [1.165, 1.54) is 12.1 Å². The molecule has 0 amide bonds. The standard InChI is InChI=1S/C17H14F3NO3.Na/c1-11(2-9-16(22)23)24-14-6-3-12(4-7-14)15-8-5-13(10-21-15)17(18,19)20;/h2-11H,1H3,(H,22,23);/q;+1/p-1. The molecule has 2 rings (SSSR count). The van der Waals surface area contributed by atoms with E-state index in [1.807, 2.05) is 0 Å². The van der Waals surface area contributed by atoms with Gasteiger partial charge in [0, 0.05) is 11.8 Å². The van der Waals surface area contributed by atoms with Gasteiger partial charge in [-0.05, 0) is 55.5 Å². The van der Waals surface area contributed by atoms with Crippen LogP contribution in [0.3, 0.4) is 0 Å². The number of aromatic nitrogens is 1. The van der Waals surface area contributed by atoms with Crippen molar-refractivity contribution < 1.29 is 57.4 Å². The van der Waals surface area contributed by atoms with Crippen LogP contribution in [0.25, 0.3) is 11.3 Å². The first-order valence-electron chi connectivity index (χ1n) is 6.95. The molecular formula is C17H13F3NNaO3. The summed E-state index contributed by atoms with van der Waals surface area (Å²) < 4.78 is 43.0. The van der Waals surface area contributed by atoms with Gasteiger partial charge >= 0.3 is 35.7 Å². The van der Waals surface area contributed by atoms with E-state index in [0.29, 0.717) is 17.0 Å². The van der Waals surface area contributed by atoms with E-state index in [9.17, 15) is 23.1 Å². The van der Waals surface area contributed by atoms with E-state index >= 15 is 0 Å². The normalized spacial score (nSPS) is 12.5. The van der Waals surface area contributed by atoms with E-state index in [2.05, 4.69) is 4.98 Å². The van der Waals surface area contributed by atoms with Crippen LogP contribution in [-0.2, 0) is 11.0 Å². The van der Waals surface area contributed by atoms with Crippen molar-refractivity contribution in [3.05, 3.63) is 60.3 Å². The quantitative estimate of drug-likeness (QED) is 0.550. The molecule has 8 heteroatoms. The van der Waals surface area contributed by atoms with Crippen LogP contribution in [0.2, 0.25) is 0 Å². The maximum Gasteiger partial charge on any atom is 1.00 e. The Morgan fingerprint density at radius 3 is 2.32 bits per heavy atom. The Bertz CT molecular complexity index is 728. The van der Waals surface area contributed by atoms with Gasteiger partial charge in [-0.3, -0.25) is 4.98 Å². The molecule has 1 unspecified atom stereocenters. The first-order valence-corrected chi connectivity index (χ1v) is 6.95. The summed E-state index contributed by atoms with van der Waals surface area (Å²) in [6.45, 7) is 1.66. The molecule has 0 aliphatic carbocycles. The Kier molecular flexibility index (Phi) is 7.66. The third-order valence-electron chi connectivity index (χ3n) is 3.07. The van der Waals surface area contributed by atoms with Crippen molar-refractivity contribution in [3.63, 3.8) is 0 Å². The molecule has 1 heterocycles. The number of carboxylic acid groups (broad SMARTS) is 1. The van der Waals surface area contributed by atoms with Crippen molar-refractivity contribution in [3.8, 4) is 17.0 Å². The number of benzene rings is 1. The van der Waals surface area contributed by atoms with Crippen LogP contribution in [0.15, 0.2) is 54.7 Å². The van der Waals surface area contributed by atoms with Gasteiger partial charge in [-0.1, -0.05) is 0 Å². The molecule has 0 bridgehead atoms. The Morgan fingerprint density at radius 2 is 1.84 bits per heavy atom. The Labute approximate surface area is 164 Å². The van der Waals surface area contributed by atoms with Gasteiger partial charge in [-0.2, -0.15) is 13.2 Å². The van der Waals surface area contributed by atoms with Crippen LogP contribution in [0, 0.1) is 0 Å². The molecule has 1 aromatic carbocycles. The first-order chi connectivity index (χ1) is 11.3. The number of nitrogens with zero attached hydrogens (tertiary/aromatic N) is 1. The number of pyridine rings is 1. The van der Waals surface area contributed by atoms with Crippen molar-refractivity contribution in [2.45, 2.75) is 19.2 Å². The molecule has 0 saturated carbocycles. The minimum Gasteiger partial charge on any atom is -0.545 e. The fourth-order valence-electron chi connectivity index (χ4n) is 1.90. The van der Waals surface area contributed by atoms with E-state index in [1.54, 1.807) is 31.2 Å². The fraction of sp³-hybridized carbons (Fsp3) is 0.176. The molecule has 0 aliphatic heterocycles. The molecule has 0 saturated heterocycles. The number of aliphatic carboxylic acids is 1. The molecule has 0 aliphatic rings. The molecular weight excluding hydrogens is 346 g/mol. The van der Waals surface area contributed by atoms with Gasteiger partial charge in [-0.15, -0.1) is 0 Å². The zero-order valence-corrected chi connectivity index (χ0v) is 15.6. The SMILES string of the molecule is CC(C=CC(=O)[O-])Oc1ccc(-c2ccc(C(F)(F)F)cn2)cc1.[Na+]. The van der Waals surface area contributed by atoms with Crippen LogP contribution in [-0.4, -0.2) is 17.1 Å². The van der Waals surface area contributed by atoms with Crippen LogP contribution in [0.5, 0.6) is 5.75 Å². The van der Waals surface area contributed by atoms with Gasteiger partial charge < -0.3 is 14.6 Å². The smallest absolute Gasteiger partial charge is 0.545 e. The van der Waals surface area contributed by atoms with Crippen molar-refractivity contribution in [2.24, 2.45) is 0 Å². The fourth-order valence-corrected chi connectivity index (χ4v) is 1.90. The summed E-state index contributed by atoms with van der Waals surface area (Å²) in [6.07, 6.45) is -1.89. The molecule has 0 fully saturated rings. The predicted octanol–water partition coefficient (Wildman–Crippen LogP) is -0.155. The maximum absolute atomic E-state index is 12.5. The zero-order valence-electron chi connectivity index (χ0n) is 13.6. The minimum absolute atomic E-state index is 0. The summed E-state index contributed by atoms with van der Waals surface area (Å²) in [5.41, 5.74) is 0.230. The van der Waals surface area contributed by atoms with Crippen molar-refractivity contribution >= 4 is 5.97 Å². The van der Waals surface area contributed by atoms with Gasteiger partial charge in [0.15, 0.2) is 0 Å². The molecule has 1 aromatic heterocycles. The van der Waals surface area contributed by atoms with Crippen molar-refractivity contribution in [1.29, 1.82) is 0 Å². The summed E-state index contributed by atoms with van der Waals surface area (Å²) >= 11 is 0. The number of hydrogen-bond donors (Lipinski definition) is 0. The molecule has 0 radical (unpaired) electrons. The van der Waals surface area contributed by atoms with Crippen molar-refractivity contribution in [1.82, 2.24) is 4.98 Å². The second-order valence-corrected chi connectivity index (χ2v) is 4.96. The van der Waals surface area contributed by atoms with E-state index < -0.39 is 23.8 Å². The van der Waals surface area contributed by atoms with E-state index in [4.69, 9.17) is 4.74 Å². The summed E-state index contributed by atoms with van der Waals surface area (Å²) in [5.74, 6) is -0.824. The van der Waals surface area contributed by atoms with Crippen LogP contribution in [0.1, 0.15) is 12.5 Å². The molecule has 2 aromatic rings. The summed E-state index contributed by atoms with van der Waals surface area (Å²) in [4.78, 5) is 14.1. The number of hydrogen-bond acceptors (Lipinski definition) is 4. The Hall–Kier alpha value is -1.83. The second-order valence-electron chi connectivity index (χ2n) is 4.96. The monoisotopic (exact) mass is 359 g/mol. The van der Waals surface area contributed by atoms with Crippen LogP contribution >= 0.6 is 0 Å². The number of alkyl halides is 3. The summed E-state index contributed by atoms with van der Waals surface area (Å²) in [5, 5.41) is 10.3. The van der Waals surface area contributed by atoms with Gasteiger partial charge in [0.1, 0.15) is 11.9 Å². The largest absolute Gasteiger partial charge is 1.00 e. The number of carboxylic acids is 1. The van der Waals surface area contributed by atoms with Crippen LogP contribution in [0.4, 0.5) is 13.2 Å². The summed E-state index contributed by atoms with van der Waals surface area (Å²) in [7, 11) is 0. The zero-order chi connectivity index (χ0) is 17.7. The maximum atomic E-state index is 12.5. The van der Waals surface area contributed by atoms with E-state index in [0.717, 1.165) is 18.3 Å². The third kappa shape index (κ3) is 6.53. The molecule has 0 N–H and O–H groups in total.